The Labute approximate surface area is 109 Å². The summed E-state index contributed by atoms with van der Waals surface area (Å²) in [6.07, 6.45) is 0.619. The molecule has 0 aromatic rings. The minimum atomic E-state index is -2.84. The molecule has 0 bridgehead atoms. The maximum Gasteiger partial charge on any atom is 0.234 e. The summed E-state index contributed by atoms with van der Waals surface area (Å²) in [5.74, 6) is 0.0749. The van der Waals surface area contributed by atoms with Crippen LogP contribution in [0.1, 0.15) is 20.3 Å². The van der Waals surface area contributed by atoms with E-state index in [1.807, 2.05) is 13.8 Å². The molecule has 1 heterocycles. The van der Waals surface area contributed by atoms with E-state index in [9.17, 15) is 13.2 Å². The van der Waals surface area contributed by atoms with E-state index in [2.05, 4.69) is 10.2 Å². The zero-order chi connectivity index (χ0) is 13.8. The van der Waals surface area contributed by atoms with Gasteiger partial charge in [-0.2, -0.15) is 0 Å². The van der Waals surface area contributed by atoms with Crippen LogP contribution in [0.5, 0.6) is 0 Å². The smallest absolute Gasteiger partial charge is 0.234 e. The third-order valence-corrected chi connectivity index (χ3v) is 4.66. The quantitative estimate of drug-likeness (QED) is 0.647. The first kappa shape index (κ1) is 15.4. The van der Waals surface area contributed by atoms with Gasteiger partial charge in [-0.3, -0.25) is 4.79 Å². The Kier molecular flexibility index (Phi) is 5.55. The predicted molar refractivity (Wildman–Crippen MR) is 71.0 cm³/mol. The molecule has 0 spiro atoms. The molecule has 1 unspecified atom stereocenters. The Morgan fingerprint density at radius 1 is 1.33 bits per heavy atom. The molecule has 0 saturated carbocycles. The monoisotopic (exact) mass is 277 g/mol. The summed E-state index contributed by atoms with van der Waals surface area (Å²) in [5, 5.41) is 3.12. The molecule has 1 amide bonds. The number of hydrogen-bond donors (Lipinski definition) is 2. The lowest BCUT2D eigenvalue weighted by Crippen LogP contribution is -2.48. The lowest BCUT2D eigenvalue weighted by molar-refractivity contribution is -0.120. The van der Waals surface area contributed by atoms with Gasteiger partial charge in [0, 0.05) is 25.7 Å². The number of rotatable bonds is 6. The lowest BCUT2D eigenvalue weighted by Gasteiger charge is -2.28. The average Bonchev–Trinajstić information content (AvgIpc) is 2.25. The third-order valence-electron chi connectivity index (χ3n) is 3.05. The summed E-state index contributed by atoms with van der Waals surface area (Å²) in [5.41, 5.74) is 5.33. The fourth-order valence-corrected chi connectivity index (χ4v) is 3.27. The zero-order valence-corrected chi connectivity index (χ0v) is 11.9. The number of amides is 1. The van der Waals surface area contributed by atoms with Crippen molar-refractivity contribution in [2.24, 2.45) is 5.73 Å². The van der Waals surface area contributed by atoms with Crippen molar-refractivity contribution >= 4 is 15.7 Å². The Bertz CT molecular complexity index is 367. The van der Waals surface area contributed by atoms with E-state index in [4.69, 9.17) is 5.73 Å². The summed E-state index contributed by atoms with van der Waals surface area (Å²) >= 11 is 0. The van der Waals surface area contributed by atoms with Crippen molar-refractivity contribution in [3.63, 3.8) is 0 Å². The fourth-order valence-electron chi connectivity index (χ4n) is 2.00. The van der Waals surface area contributed by atoms with Crippen molar-refractivity contribution in [2.75, 3.05) is 31.1 Å². The van der Waals surface area contributed by atoms with Crippen LogP contribution in [-0.4, -0.2) is 62.4 Å². The van der Waals surface area contributed by atoms with E-state index in [0.29, 0.717) is 26.1 Å². The first-order valence-electron chi connectivity index (χ1n) is 6.28. The number of nitrogens with one attached hydrogen (secondary N) is 1. The second-order valence-electron chi connectivity index (χ2n) is 5.06. The zero-order valence-electron chi connectivity index (χ0n) is 11.1. The SMILES string of the molecule is CC(C)NC(CCN1CCS(=O)(=O)CC1)C(N)=O. The molecule has 1 fully saturated rings. The topological polar surface area (TPSA) is 92.5 Å². The van der Waals surface area contributed by atoms with E-state index >= 15 is 0 Å². The first-order chi connectivity index (χ1) is 8.30. The Morgan fingerprint density at radius 3 is 2.33 bits per heavy atom. The van der Waals surface area contributed by atoms with Gasteiger partial charge < -0.3 is 16.0 Å². The van der Waals surface area contributed by atoms with E-state index in [0.717, 1.165) is 0 Å². The van der Waals surface area contributed by atoms with Crippen LogP contribution >= 0.6 is 0 Å². The van der Waals surface area contributed by atoms with E-state index < -0.39 is 9.84 Å². The molecule has 1 saturated heterocycles. The van der Waals surface area contributed by atoms with Crippen LogP contribution < -0.4 is 11.1 Å². The Balaban J connectivity index is 2.37. The van der Waals surface area contributed by atoms with Crippen molar-refractivity contribution in [2.45, 2.75) is 32.4 Å². The minimum Gasteiger partial charge on any atom is -0.368 e. The van der Waals surface area contributed by atoms with Gasteiger partial charge >= 0.3 is 0 Å². The predicted octanol–water partition coefficient (Wildman–Crippen LogP) is -1.04. The van der Waals surface area contributed by atoms with Gasteiger partial charge in [0.25, 0.3) is 0 Å². The minimum absolute atomic E-state index is 0.198. The molecule has 18 heavy (non-hydrogen) atoms. The normalized spacial score (nSPS) is 21.9. The summed E-state index contributed by atoms with van der Waals surface area (Å²) in [7, 11) is -2.84. The molecule has 0 aromatic carbocycles. The molecule has 0 aromatic heterocycles. The Hall–Kier alpha value is -0.660. The first-order valence-corrected chi connectivity index (χ1v) is 8.10. The van der Waals surface area contributed by atoms with E-state index in [1.54, 1.807) is 0 Å². The maximum atomic E-state index is 11.3. The Morgan fingerprint density at radius 2 is 1.89 bits per heavy atom. The number of nitrogens with zero attached hydrogens (tertiary/aromatic N) is 1. The van der Waals surface area contributed by atoms with Crippen molar-refractivity contribution in [3.05, 3.63) is 0 Å². The van der Waals surface area contributed by atoms with Gasteiger partial charge in [-0.1, -0.05) is 13.8 Å². The molecule has 7 heteroatoms. The van der Waals surface area contributed by atoms with Crippen molar-refractivity contribution < 1.29 is 13.2 Å². The highest BCUT2D eigenvalue weighted by Gasteiger charge is 2.23. The highest BCUT2D eigenvalue weighted by atomic mass is 32.2. The van der Waals surface area contributed by atoms with Gasteiger partial charge in [-0.25, -0.2) is 8.42 Å². The van der Waals surface area contributed by atoms with Crippen molar-refractivity contribution in [1.29, 1.82) is 0 Å². The molecule has 3 N–H and O–H groups in total. The van der Waals surface area contributed by atoms with Crippen LogP contribution in [0.25, 0.3) is 0 Å². The summed E-state index contributed by atoms with van der Waals surface area (Å²) in [4.78, 5) is 13.3. The lowest BCUT2D eigenvalue weighted by atomic mass is 10.1. The van der Waals surface area contributed by atoms with Crippen LogP contribution in [-0.2, 0) is 14.6 Å². The molecular weight excluding hydrogens is 254 g/mol. The second kappa shape index (κ2) is 6.49. The summed E-state index contributed by atoms with van der Waals surface area (Å²) < 4.78 is 22.5. The van der Waals surface area contributed by atoms with Gasteiger partial charge in [-0.15, -0.1) is 0 Å². The molecule has 1 rings (SSSR count). The highest BCUT2D eigenvalue weighted by Crippen LogP contribution is 2.05. The number of nitrogens with two attached hydrogens (primary N) is 1. The molecule has 0 aliphatic carbocycles. The number of carbonyl (C=O) groups is 1. The fraction of sp³-hybridized carbons (Fsp3) is 0.909. The second-order valence-corrected chi connectivity index (χ2v) is 7.36. The van der Waals surface area contributed by atoms with Gasteiger partial charge in [0.1, 0.15) is 0 Å². The van der Waals surface area contributed by atoms with Gasteiger partial charge in [0.2, 0.25) is 5.91 Å². The number of hydrogen-bond acceptors (Lipinski definition) is 5. The van der Waals surface area contributed by atoms with Crippen LogP contribution in [0.4, 0.5) is 0 Å². The van der Waals surface area contributed by atoms with Gasteiger partial charge in [-0.05, 0) is 6.42 Å². The van der Waals surface area contributed by atoms with Crippen molar-refractivity contribution in [3.8, 4) is 0 Å². The van der Waals surface area contributed by atoms with Gasteiger partial charge in [0.05, 0.1) is 17.5 Å². The summed E-state index contributed by atoms with van der Waals surface area (Å²) in [6.45, 7) is 5.72. The largest absolute Gasteiger partial charge is 0.368 e. The maximum absolute atomic E-state index is 11.3. The van der Waals surface area contributed by atoms with Crippen LogP contribution in [0.15, 0.2) is 0 Å². The van der Waals surface area contributed by atoms with Gasteiger partial charge in [0.15, 0.2) is 9.84 Å². The molecular formula is C11H23N3O3S. The summed E-state index contributed by atoms with van der Waals surface area (Å²) in [6, 6.07) is -0.146. The standard InChI is InChI=1S/C11H23N3O3S/c1-9(2)13-10(11(12)15)3-4-14-5-7-18(16,17)8-6-14/h9-10,13H,3-8H2,1-2H3,(H2,12,15). The van der Waals surface area contributed by atoms with Crippen molar-refractivity contribution in [1.82, 2.24) is 10.2 Å². The van der Waals surface area contributed by atoms with E-state index in [-0.39, 0.29) is 29.5 Å². The molecule has 6 nitrogen and oxygen atoms in total. The number of carbonyl (C=O) groups excluding carboxylic acids is 1. The molecule has 0 radical (unpaired) electrons. The van der Waals surface area contributed by atoms with E-state index in [1.165, 1.54) is 0 Å². The molecule has 1 aliphatic heterocycles. The van der Waals surface area contributed by atoms with Crippen LogP contribution in [0, 0.1) is 0 Å². The number of sulfone groups is 1. The highest BCUT2D eigenvalue weighted by molar-refractivity contribution is 7.91. The third kappa shape index (κ3) is 5.32. The van der Waals surface area contributed by atoms with Crippen LogP contribution in [0.3, 0.4) is 0 Å². The molecule has 1 aliphatic rings. The molecule has 106 valence electrons. The number of primary amides is 1. The average molecular weight is 277 g/mol. The molecule has 1 atom stereocenters. The van der Waals surface area contributed by atoms with Crippen LogP contribution in [0.2, 0.25) is 0 Å².